The van der Waals surface area contributed by atoms with Crippen molar-refractivity contribution in [2.24, 2.45) is 17.3 Å². The third-order valence-electron chi connectivity index (χ3n) is 7.45. The van der Waals surface area contributed by atoms with Gasteiger partial charge < -0.3 is 9.15 Å². The van der Waals surface area contributed by atoms with Crippen LogP contribution in [-0.2, 0) is 11.0 Å². The third-order valence-corrected chi connectivity index (χ3v) is 9.04. The zero-order valence-corrected chi connectivity index (χ0v) is 26.1. The summed E-state index contributed by atoms with van der Waals surface area (Å²) in [5.74, 6) is 2.26. The van der Waals surface area contributed by atoms with Gasteiger partial charge in [-0.1, -0.05) is 77.8 Å². The molecule has 1 atom stereocenters. The molecule has 2 heterocycles. The molecule has 0 saturated carbocycles. The third kappa shape index (κ3) is 9.57. The Hall–Kier alpha value is -2.39. The summed E-state index contributed by atoms with van der Waals surface area (Å²) in [6.45, 7) is 11.3. The van der Waals surface area contributed by atoms with Crippen LogP contribution in [0.25, 0.3) is 22.2 Å². The van der Waals surface area contributed by atoms with Crippen LogP contribution in [0.1, 0.15) is 78.7 Å². The molecule has 0 aliphatic rings. The van der Waals surface area contributed by atoms with Gasteiger partial charge in [0.25, 0.3) is 0 Å². The molecular formula is C32H40F3NO3S2. The number of halogens is 3. The highest BCUT2D eigenvalue weighted by molar-refractivity contribution is 8.13. The summed E-state index contributed by atoms with van der Waals surface area (Å²) in [5, 5.41) is 0.975. The Balaban J connectivity index is 1.40. The average molecular weight is 608 g/mol. The van der Waals surface area contributed by atoms with Crippen molar-refractivity contribution >= 4 is 40.2 Å². The lowest BCUT2D eigenvalue weighted by atomic mass is 9.77. The van der Waals surface area contributed by atoms with Gasteiger partial charge in [0, 0.05) is 28.2 Å². The molecule has 0 spiro atoms. The van der Waals surface area contributed by atoms with Crippen molar-refractivity contribution in [2.75, 3.05) is 12.4 Å². The summed E-state index contributed by atoms with van der Waals surface area (Å²) in [6.07, 6.45) is 1.77. The van der Waals surface area contributed by atoms with E-state index in [1.807, 2.05) is 0 Å². The van der Waals surface area contributed by atoms with E-state index in [9.17, 15) is 18.0 Å². The topological polar surface area (TPSA) is 52.3 Å². The lowest BCUT2D eigenvalue weighted by Crippen LogP contribution is -2.30. The largest absolute Gasteiger partial charge is 0.478 e. The van der Waals surface area contributed by atoms with E-state index < -0.39 is 11.7 Å². The molecule has 1 unspecified atom stereocenters. The summed E-state index contributed by atoms with van der Waals surface area (Å²) in [4.78, 5) is 17.1. The van der Waals surface area contributed by atoms with Gasteiger partial charge in [-0.25, -0.2) is 0 Å². The predicted molar refractivity (Wildman–Crippen MR) is 164 cm³/mol. The number of hydrogen-bond acceptors (Lipinski definition) is 6. The normalized spacial score (nSPS) is 13.1. The first-order valence-corrected chi connectivity index (χ1v) is 15.6. The molecule has 0 aliphatic heterocycles. The van der Waals surface area contributed by atoms with Crippen LogP contribution in [0.15, 0.2) is 46.9 Å². The van der Waals surface area contributed by atoms with E-state index in [0.29, 0.717) is 51.7 Å². The molecule has 9 heteroatoms. The second kappa shape index (κ2) is 14.7. The molecule has 0 bridgehead atoms. The molecule has 0 aliphatic carbocycles. The van der Waals surface area contributed by atoms with E-state index in [2.05, 4.69) is 39.6 Å². The highest BCUT2D eigenvalue weighted by Crippen LogP contribution is 2.36. The lowest BCUT2D eigenvalue weighted by Gasteiger charge is -2.31. The molecule has 0 amide bonds. The monoisotopic (exact) mass is 607 g/mol. The molecule has 1 aromatic carbocycles. The quantitative estimate of drug-likeness (QED) is 0.134. The van der Waals surface area contributed by atoms with E-state index >= 15 is 0 Å². The Morgan fingerprint density at radius 1 is 1.00 bits per heavy atom. The number of unbranched alkanes of at least 4 members (excludes halogenated alkanes) is 4. The maximum Gasteiger partial charge on any atom is 0.416 e. The van der Waals surface area contributed by atoms with E-state index in [1.165, 1.54) is 23.9 Å². The number of pyridine rings is 1. The highest BCUT2D eigenvalue weighted by Gasteiger charge is 2.34. The summed E-state index contributed by atoms with van der Waals surface area (Å²) < 4.78 is 50.3. The van der Waals surface area contributed by atoms with Gasteiger partial charge in [0.15, 0.2) is 5.12 Å². The first-order valence-electron chi connectivity index (χ1n) is 14.2. The number of thioether (sulfide) groups is 1. The van der Waals surface area contributed by atoms with Gasteiger partial charge in [0.2, 0.25) is 16.3 Å². The molecule has 0 saturated heterocycles. The maximum atomic E-state index is 12.9. The standard InChI is InChI=1S/C32H40F3NO3S2/c1-21(2)19-22(3)31(4,5)30(37)41-18-10-8-6-7-9-17-38-27-16-13-24-20-26(29(40)39-28(24)36-27)23-11-14-25(15-12-23)32(33,34)35/h11-16,20-22H,6-10,17-19H2,1-5H3. The average Bonchev–Trinajstić information content (AvgIpc) is 2.90. The van der Waals surface area contributed by atoms with Gasteiger partial charge in [0.1, 0.15) is 0 Å². The number of ether oxygens (including phenoxy) is 1. The van der Waals surface area contributed by atoms with Crippen molar-refractivity contribution in [1.82, 2.24) is 4.98 Å². The van der Waals surface area contributed by atoms with Crippen molar-refractivity contribution in [3.63, 3.8) is 0 Å². The van der Waals surface area contributed by atoms with Crippen molar-refractivity contribution < 1.29 is 27.1 Å². The smallest absolute Gasteiger partial charge is 0.416 e. The minimum atomic E-state index is -4.40. The van der Waals surface area contributed by atoms with Crippen molar-refractivity contribution in [3.05, 3.63) is 52.7 Å². The Bertz CT molecular complexity index is 1350. The number of alkyl halides is 3. The Labute approximate surface area is 250 Å². The summed E-state index contributed by atoms with van der Waals surface area (Å²) in [5.41, 5.74) is 0.378. The van der Waals surface area contributed by atoms with Crippen LogP contribution >= 0.6 is 24.0 Å². The van der Waals surface area contributed by atoms with Crippen molar-refractivity contribution in [1.29, 1.82) is 0 Å². The number of hydrogen-bond donors (Lipinski definition) is 0. The van der Waals surface area contributed by atoms with Crippen LogP contribution in [0.4, 0.5) is 13.2 Å². The molecule has 0 radical (unpaired) electrons. The van der Waals surface area contributed by atoms with E-state index in [0.717, 1.165) is 56.4 Å². The van der Waals surface area contributed by atoms with Crippen molar-refractivity contribution in [2.45, 2.75) is 79.3 Å². The minimum Gasteiger partial charge on any atom is -0.478 e. The fourth-order valence-electron chi connectivity index (χ4n) is 4.57. The number of rotatable bonds is 14. The zero-order valence-electron chi connectivity index (χ0n) is 24.5. The SMILES string of the molecule is CC(C)CC(C)C(C)(C)C(=O)SCCCCCCCOc1ccc2cc(-c3ccc(C(F)(F)F)cc3)c(=S)oc2n1. The summed E-state index contributed by atoms with van der Waals surface area (Å²) >= 11 is 6.82. The van der Waals surface area contributed by atoms with Crippen LogP contribution < -0.4 is 4.74 Å². The molecular weight excluding hydrogens is 567 g/mol. The minimum absolute atomic E-state index is 0.149. The number of benzene rings is 1. The fraction of sp³-hybridized carbons (Fsp3) is 0.531. The zero-order chi connectivity index (χ0) is 30.2. The fourth-order valence-corrected chi connectivity index (χ4v) is 5.93. The Morgan fingerprint density at radius 2 is 1.66 bits per heavy atom. The Kier molecular flexibility index (Phi) is 11.9. The molecule has 4 nitrogen and oxygen atoms in total. The number of aromatic nitrogens is 1. The van der Waals surface area contributed by atoms with Crippen LogP contribution in [0, 0.1) is 22.0 Å². The number of fused-ring (bicyclic) bond motifs is 1. The maximum absolute atomic E-state index is 12.9. The van der Waals surface area contributed by atoms with Crippen LogP contribution in [-0.4, -0.2) is 22.5 Å². The first-order chi connectivity index (χ1) is 19.3. The lowest BCUT2D eigenvalue weighted by molar-refractivity contribution is -0.137. The molecule has 41 heavy (non-hydrogen) atoms. The molecule has 224 valence electrons. The van der Waals surface area contributed by atoms with Gasteiger partial charge in [-0.05, 0) is 73.1 Å². The van der Waals surface area contributed by atoms with E-state index in [4.69, 9.17) is 21.4 Å². The second-order valence-corrected chi connectivity index (χ2v) is 13.0. The molecule has 2 aromatic heterocycles. The van der Waals surface area contributed by atoms with Gasteiger partial charge in [-0.3, -0.25) is 4.79 Å². The number of carbonyl (C=O) groups excluding carboxylic acids is 1. The summed E-state index contributed by atoms with van der Waals surface area (Å²) in [6, 6.07) is 10.1. The number of nitrogens with zero attached hydrogens (tertiary/aromatic N) is 1. The summed E-state index contributed by atoms with van der Waals surface area (Å²) in [7, 11) is 0. The first kappa shape index (κ1) is 33.1. The van der Waals surface area contributed by atoms with Gasteiger partial charge in [-0.15, -0.1) is 0 Å². The van der Waals surface area contributed by atoms with Crippen LogP contribution in [0.3, 0.4) is 0 Å². The predicted octanol–water partition coefficient (Wildman–Crippen LogP) is 10.5. The van der Waals surface area contributed by atoms with Crippen molar-refractivity contribution in [3.8, 4) is 17.0 Å². The second-order valence-electron chi connectivity index (χ2n) is 11.6. The molecule has 3 aromatic rings. The molecule has 3 rings (SSSR count). The molecule has 0 fully saturated rings. The van der Waals surface area contributed by atoms with Gasteiger partial charge in [0.05, 0.1) is 12.2 Å². The van der Waals surface area contributed by atoms with Gasteiger partial charge in [-0.2, -0.15) is 18.2 Å². The van der Waals surface area contributed by atoms with E-state index in [-0.39, 0.29) is 10.1 Å². The van der Waals surface area contributed by atoms with E-state index in [1.54, 1.807) is 18.2 Å². The number of carbonyl (C=O) groups is 1. The Morgan fingerprint density at radius 3 is 2.32 bits per heavy atom. The highest BCUT2D eigenvalue weighted by atomic mass is 32.2. The molecule has 0 N–H and O–H groups in total. The van der Waals surface area contributed by atoms with Gasteiger partial charge >= 0.3 is 6.18 Å². The van der Waals surface area contributed by atoms with Crippen LogP contribution in [0.2, 0.25) is 0 Å². The van der Waals surface area contributed by atoms with Crippen LogP contribution in [0.5, 0.6) is 5.88 Å².